The van der Waals surface area contributed by atoms with Crippen molar-refractivity contribution in [2.75, 3.05) is 0 Å². The number of aromatic amines is 1. The molecule has 15 heavy (non-hydrogen) atoms. The summed E-state index contributed by atoms with van der Waals surface area (Å²) in [4.78, 5) is 3.49. The largest absolute Gasteiger partial charge is 0.357 e. The molecule has 3 rings (SSSR count). The van der Waals surface area contributed by atoms with E-state index in [1.54, 1.807) is 0 Å². The predicted octanol–water partition coefficient (Wildman–Crippen LogP) is 3.27. The van der Waals surface area contributed by atoms with Crippen LogP contribution in [0.25, 0.3) is 10.9 Å². The van der Waals surface area contributed by atoms with Gasteiger partial charge < -0.3 is 10.7 Å². The third-order valence-corrected chi connectivity index (χ3v) is 3.90. The van der Waals surface area contributed by atoms with Gasteiger partial charge in [0.15, 0.2) is 0 Å². The Bertz CT molecular complexity index is 512. The van der Waals surface area contributed by atoms with E-state index in [0.29, 0.717) is 6.54 Å². The van der Waals surface area contributed by atoms with Crippen molar-refractivity contribution in [1.82, 2.24) is 4.98 Å². The van der Waals surface area contributed by atoms with Gasteiger partial charge in [0.2, 0.25) is 0 Å². The second-order valence-electron chi connectivity index (χ2n) is 4.21. The monoisotopic (exact) mass is 264 g/mol. The first-order valence-corrected chi connectivity index (χ1v) is 6.09. The summed E-state index contributed by atoms with van der Waals surface area (Å²) in [7, 11) is 0. The first-order chi connectivity index (χ1) is 7.29. The third kappa shape index (κ3) is 1.50. The van der Waals surface area contributed by atoms with E-state index in [1.807, 2.05) is 0 Å². The molecule has 3 heteroatoms. The highest BCUT2D eigenvalue weighted by Gasteiger charge is 2.28. The molecule has 2 nitrogen and oxygen atoms in total. The standard InChI is InChI=1S/C12H13BrN2/c13-11-9-5-7(6-14)1-4-10(9)15-12(11)8-2-3-8/h1,4-5,8,15H,2-3,6,14H2. The normalized spacial score (nSPS) is 16.1. The topological polar surface area (TPSA) is 41.8 Å². The second-order valence-corrected chi connectivity index (χ2v) is 5.00. The van der Waals surface area contributed by atoms with Crippen molar-refractivity contribution < 1.29 is 0 Å². The fourth-order valence-corrected chi connectivity index (χ4v) is 2.76. The van der Waals surface area contributed by atoms with Gasteiger partial charge >= 0.3 is 0 Å². The van der Waals surface area contributed by atoms with E-state index in [9.17, 15) is 0 Å². The number of H-pyrrole nitrogens is 1. The first-order valence-electron chi connectivity index (χ1n) is 5.29. The lowest BCUT2D eigenvalue weighted by molar-refractivity contribution is 1.05. The fraction of sp³-hybridized carbons (Fsp3) is 0.333. The van der Waals surface area contributed by atoms with Gasteiger partial charge in [0.25, 0.3) is 0 Å². The Morgan fingerprint density at radius 1 is 1.40 bits per heavy atom. The molecule has 1 aromatic carbocycles. The Kier molecular flexibility index (Phi) is 2.11. The van der Waals surface area contributed by atoms with Gasteiger partial charge in [-0.25, -0.2) is 0 Å². The second kappa shape index (κ2) is 3.35. The van der Waals surface area contributed by atoms with Crippen LogP contribution in [0.1, 0.15) is 30.0 Å². The Hall–Kier alpha value is -0.800. The summed E-state index contributed by atoms with van der Waals surface area (Å²) in [6.07, 6.45) is 2.63. The van der Waals surface area contributed by atoms with Gasteiger partial charge in [-0.15, -0.1) is 0 Å². The van der Waals surface area contributed by atoms with E-state index in [-0.39, 0.29) is 0 Å². The lowest BCUT2D eigenvalue weighted by Crippen LogP contribution is -1.94. The summed E-state index contributed by atoms with van der Waals surface area (Å²) in [6.45, 7) is 0.603. The van der Waals surface area contributed by atoms with Gasteiger partial charge in [-0.2, -0.15) is 0 Å². The molecule has 1 saturated carbocycles. The molecule has 1 aliphatic carbocycles. The van der Waals surface area contributed by atoms with Crippen molar-refractivity contribution in [2.45, 2.75) is 25.3 Å². The highest BCUT2D eigenvalue weighted by atomic mass is 79.9. The van der Waals surface area contributed by atoms with Crippen LogP contribution < -0.4 is 5.73 Å². The first kappa shape index (κ1) is 9.43. The van der Waals surface area contributed by atoms with Crippen molar-refractivity contribution in [3.8, 4) is 0 Å². The summed E-state index contributed by atoms with van der Waals surface area (Å²) in [6, 6.07) is 6.37. The molecule has 0 amide bonds. The maximum atomic E-state index is 5.64. The number of fused-ring (bicyclic) bond motifs is 1. The lowest BCUT2D eigenvalue weighted by Gasteiger charge is -1.96. The molecule has 3 N–H and O–H groups in total. The summed E-state index contributed by atoms with van der Waals surface area (Å²) in [5, 5.41) is 1.26. The van der Waals surface area contributed by atoms with Crippen molar-refractivity contribution >= 4 is 26.8 Å². The molecule has 1 fully saturated rings. The van der Waals surface area contributed by atoms with Crippen LogP contribution in [0.5, 0.6) is 0 Å². The van der Waals surface area contributed by atoms with E-state index >= 15 is 0 Å². The molecular formula is C12H13BrN2. The van der Waals surface area contributed by atoms with E-state index in [0.717, 1.165) is 5.92 Å². The molecule has 0 bridgehead atoms. The number of nitrogens with two attached hydrogens (primary N) is 1. The highest BCUT2D eigenvalue weighted by Crippen LogP contribution is 2.45. The van der Waals surface area contributed by atoms with Crippen LogP contribution in [-0.4, -0.2) is 4.98 Å². The zero-order valence-electron chi connectivity index (χ0n) is 8.39. The molecule has 0 unspecified atom stereocenters. The van der Waals surface area contributed by atoms with E-state index < -0.39 is 0 Å². The van der Waals surface area contributed by atoms with E-state index in [2.05, 4.69) is 39.1 Å². The zero-order valence-corrected chi connectivity index (χ0v) is 9.97. The molecule has 0 aliphatic heterocycles. The maximum Gasteiger partial charge on any atom is 0.0468 e. The van der Waals surface area contributed by atoms with Crippen LogP contribution in [-0.2, 0) is 6.54 Å². The average Bonchev–Trinajstić information content (AvgIpc) is 3.05. The minimum absolute atomic E-state index is 0.603. The highest BCUT2D eigenvalue weighted by molar-refractivity contribution is 9.10. The molecule has 1 aromatic heterocycles. The predicted molar refractivity (Wildman–Crippen MR) is 65.9 cm³/mol. The van der Waals surface area contributed by atoms with Crippen LogP contribution in [0, 0.1) is 0 Å². The third-order valence-electron chi connectivity index (χ3n) is 3.05. The van der Waals surface area contributed by atoms with Gasteiger partial charge in [-0.05, 0) is 46.5 Å². The minimum atomic E-state index is 0.603. The minimum Gasteiger partial charge on any atom is -0.357 e. The van der Waals surface area contributed by atoms with Crippen molar-refractivity contribution in [3.05, 3.63) is 33.9 Å². The fourth-order valence-electron chi connectivity index (χ4n) is 2.01. The van der Waals surface area contributed by atoms with Crippen LogP contribution >= 0.6 is 15.9 Å². The average molecular weight is 265 g/mol. The Balaban J connectivity index is 2.21. The molecule has 0 saturated heterocycles. The van der Waals surface area contributed by atoms with E-state index in [4.69, 9.17) is 5.73 Å². The quantitative estimate of drug-likeness (QED) is 0.859. The summed E-state index contributed by atoms with van der Waals surface area (Å²) < 4.78 is 1.23. The molecule has 0 atom stereocenters. The maximum absolute atomic E-state index is 5.64. The SMILES string of the molecule is NCc1ccc2[nH]c(C3CC3)c(Br)c2c1. The molecule has 0 radical (unpaired) electrons. The van der Waals surface area contributed by atoms with Crippen molar-refractivity contribution in [2.24, 2.45) is 5.73 Å². The van der Waals surface area contributed by atoms with Crippen LogP contribution in [0.2, 0.25) is 0 Å². The van der Waals surface area contributed by atoms with Crippen molar-refractivity contribution in [1.29, 1.82) is 0 Å². The Labute approximate surface area is 97.0 Å². The number of hydrogen-bond donors (Lipinski definition) is 2. The lowest BCUT2D eigenvalue weighted by atomic mass is 10.1. The molecular weight excluding hydrogens is 252 g/mol. The van der Waals surface area contributed by atoms with Gasteiger partial charge in [-0.3, -0.25) is 0 Å². The van der Waals surface area contributed by atoms with Crippen LogP contribution in [0.15, 0.2) is 22.7 Å². The molecule has 0 spiro atoms. The van der Waals surface area contributed by atoms with Crippen LogP contribution in [0.3, 0.4) is 0 Å². The number of halogens is 1. The zero-order chi connectivity index (χ0) is 10.4. The molecule has 1 heterocycles. The van der Waals surface area contributed by atoms with Crippen molar-refractivity contribution in [3.63, 3.8) is 0 Å². The number of hydrogen-bond acceptors (Lipinski definition) is 1. The van der Waals surface area contributed by atoms with Gasteiger partial charge in [-0.1, -0.05) is 6.07 Å². The Morgan fingerprint density at radius 2 is 2.20 bits per heavy atom. The summed E-state index contributed by atoms with van der Waals surface area (Å²) >= 11 is 3.68. The molecule has 1 aliphatic rings. The molecule has 2 aromatic rings. The van der Waals surface area contributed by atoms with Crippen LogP contribution in [0.4, 0.5) is 0 Å². The van der Waals surface area contributed by atoms with E-state index in [1.165, 1.54) is 39.5 Å². The number of rotatable bonds is 2. The Morgan fingerprint density at radius 3 is 2.87 bits per heavy atom. The van der Waals surface area contributed by atoms with Gasteiger partial charge in [0.05, 0.1) is 0 Å². The summed E-state index contributed by atoms with van der Waals surface area (Å²) in [5.41, 5.74) is 9.40. The summed E-state index contributed by atoms with van der Waals surface area (Å²) in [5.74, 6) is 0.744. The smallest absolute Gasteiger partial charge is 0.0468 e. The van der Waals surface area contributed by atoms with Gasteiger partial charge in [0.1, 0.15) is 0 Å². The van der Waals surface area contributed by atoms with Gasteiger partial charge in [0, 0.05) is 33.5 Å². The molecule has 78 valence electrons. The number of benzene rings is 1. The number of nitrogens with one attached hydrogen (secondary N) is 1. The number of aromatic nitrogens is 1.